The molecular weight excluding hydrogens is 300 g/mol. The molecule has 6 heteroatoms. The number of anilines is 1. The number of amides is 1. The molecule has 0 radical (unpaired) electrons. The van der Waals surface area contributed by atoms with E-state index in [2.05, 4.69) is 10.4 Å². The first-order valence-corrected chi connectivity index (χ1v) is 7.14. The smallest absolute Gasteiger partial charge is 0.266 e. The minimum atomic E-state index is -0.464. The molecule has 1 heterocycles. The normalized spacial score (nSPS) is 11.1. The minimum Gasteiger partial charge on any atom is -0.321 e. The highest BCUT2D eigenvalue weighted by molar-refractivity contribution is 6.30. The monoisotopic (exact) mass is 314 g/mol. The van der Waals surface area contributed by atoms with E-state index in [1.807, 2.05) is 19.9 Å². The van der Waals surface area contributed by atoms with Crippen LogP contribution in [0.2, 0.25) is 5.02 Å². The van der Waals surface area contributed by atoms with Crippen LogP contribution in [0, 0.1) is 18.3 Å². The molecule has 0 unspecified atom stereocenters. The van der Waals surface area contributed by atoms with Gasteiger partial charge in [0.2, 0.25) is 0 Å². The molecule has 22 heavy (non-hydrogen) atoms. The number of aromatic nitrogens is 2. The lowest BCUT2D eigenvalue weighted by molar-refractivity contribution is -0.112. The summed E-state index contributed by atoms with van der Waals surface area (Å²) in [6.07, 6.45) is 3.19. The second-order valence-electron chi connectivity index (χ2n) is 4.63. The first-order valence-electron chi connectivity index (χ1n) is 6.76. The first kappa shape index (κ1) is 15.8. The zero-order chi connectivity index (χ0) is 16.1. The summed E-state index contributed by atoms with van der Waals surface area (Å²) >= 11 is 5.79. The van der Waals surface area contributed by atoms with Crippen molar-refractivity contribution in [1.29, 1.82) is 5.26 Å². The molecule has 0 aliphatic carbocycles. The highest BCUT2D eigenvalue weighted by Gasteiger charge is 2.11. The van der Waals surface area contributed by atoms with Crippen molar-refractivity contribution in [2.45, 2.75) is 20.4 Å². The van der Waals surface area contributed by atoms with Gasteiger partial charge in [-0.2, -0.15) is 10.4 Å². The second-order valence-corrected chi connectivity index (χ2v) is 5.07. The van der Waals surface area contributed by atoms with Gasteiger partial charge in [0.05, 0.1) is 6.20 Å². The van der Waals surface area contributed by atoms with Gasteiger partial charge >= 0.3 is 0 Å². The van der Waals surface area contributed by atoms with Gasteiger partial charge in [0.1, 0.15) is 11.6 Å². The Balaban J connectivity index is 2.21. The number of carbonyl (C=O) groups is 1. The number of halogens is 1. The zero-order valence-corrected chi connectivity index (χ0v) is 13.1. The average molecular weight is 315 g/mol. The van der Waals surface area contributed by atoms with Crippen LogP contribution in [0.5, 0.6) is 0 Å². The number of hydrogen-bond acceptors (Lipinski definition) is 3. The number of hydrogen-bond donors (Lipinski definition) is 1. The topological polar surface area (TPSA) is 70.7 Å². The fourth-order valence-electron chi connectivity index (χ4n) is 1.96. The quantitative estimate of drug-likeness (QED) is 0.694. The summed E-state index contributed by atoms with van der Waals surface area (Å²) in [7, 11) is 0. The molecule has 0 saturated heterocycles. The van der Waals surface area contributed by atoms with Gasteiger partial charge in [-0.1, -0.05) is 11.6 Å². The van der Waals surface area contributed by atoms with Crippen molar-refractivity contribution in [3.63, 3.8) is 0 Å². The summed E-state index contributed by atoms with van der Waals surface area (Å²) in [6.45, 7) is 4.61. The molecule has 1 aromatic carbocycles. The summed E-state index contributed by atoms with van der Waals surface area (Å²) in [6, 6.07) is 8.61. The van der Waals surface area contributed by atoms with Crippen molar-refractivity contribution < 1.29 is 4.79 Å². The van der Waals surface area contributed by atoms with Crippen LogP contribution in [0.15, 0.2) is 36.0 Å². The van der Waals surface area contributed by atoms with Crippen LogP contribution in [-0.2, 0) is 11.3 Å². The molecule has 2 aromatic rings. The first-order chi connectivity index (χ1) is 10.5. The zero-order valence-electron chi connectivity index (χ0n) is 12.3. The fraction of sp³-hybridized carbons (Fsp3) is 0.188. The molecule has 1 amide bonds. The molecule has 2 rings (SSSR count). The van der Waals surface area contributed by atoms with E-state index in [1.54, 1.807) is 41.2 Å². The van der Waals surface area contributed by atoms with E-state index in [1.165, 1.54) is 0 Å². The Labute approximate surface area is 133 Å². The average Bonchev–Trinajstić information content (AvgIpc) is 2.87. The molecule has 0 fully saturated rings. The molecular formula is C16H15ClN4O. The van der Waals surface area contributed by atoms with E-state index in [-0.39, 0.29) is 5.57 Å². The minimum absolute atomic E-state index is 0.0219. The Hall–Kier alpha value is -2.58. The number of nitrogens with one attached hydrogen (secondary N) is 1. The van der Waals surface area contributed by atoms with E-state index in [9.17, 15) is 10.1 Å². The molecule has 0 aliphatic heterocycles. The molecule has 1 aromatic heterocycles. The van der Waals surface area contributed by atoms with Crippen molar-refractivity contribution in [3.05, 3.63) is 52.3 Å². The third-order valence-electron chi connectivity index (χ3n) is 3.21. The number of aryl methyl sites for hydroxylation is 1. The molecule has 0 saturated carbocycles. The molecule has 112 valence electrons. The predicted molar refractivity (Wildman–Crippen MR) is 86.3 cm³/mol. The van der Waals surface area contributed by atoms with Crippen molar-refractivity contribution >= 4 is 29.3 Å². The van der Waals surface area contributed by atoms with Gasteiger partial charge in [0.25, 0.3) is 5.91 Å². The lowest BCUT2D eigenvalue weighted by Crippen LogP contribution is -2.13. The summed E-state index contributed by atoms with van der Waals surface area (Å²) in [5.41, 5.74) is 2.27. The summed E-state index contributed by atoms with van der Waals surface area (Å²) in [4.78, 5) is 12.2. The van der Waals surface area contributed by atoms with Crippen LogP contribution >= 0.6 is 11.6 Å². The largest absolute Gasteiger partial charge is 0.321 e. The number of benzene rings is 1. The standard InChI is InChI=1S/C16H15ClN4O/c1-3-21-11(2)13(10-19-21)8-12(9-18)16(22)20-15-6-4-14(17)5-7-15/h4-8,10H,3H2,1-2H3,(H,20,22)/b12-8+. The maximum Gasteiger partial charge on any atom is 0.266 e. The Morgan fingerprint density at radius 1 is 1.45 bits per heavy atom. The third-order valence-corrected chi connectivity index (χ3v) is 3.46. The van der Waals surface area contributed by atoms with Gasteiger partial charge in [0.15, 0.2) is 0 Å². The molecule has 5 nitrogen and oxygen atoms in total. The van der Waals surface area contributed by atoms with Gasteiger partial charge in [-0.05, 0) is 44.2 Å². The maximum absolute atomic E-state index is 12.2. The SMILES string of the molecule is CCn1ncc(/C=C(\C#N)C(=O)Nc2ccc(Cl)cc2)c1C. The molecule has 0 spiro atoms. The van der Waals surface area contributed by atoms with E-state index in [0.717, 1.165) is 17.8 Å². The number of nitriles is 1. The fourth-order valence-corrected chi connectivity index (χ4v) is 2.08. The summed E-state index contributed by atoms with van der Waals surface area (Å²) in [5, 5.41) is 16.6. The Kier molecular flexibility index (Phi) is 4.97. The van der Waals surface area contributed by atoms with Crippen LogP contribution in [0.1, 0.15) is 18.2 Å². The van der Waals surface area contributed by atoms with Crippen LogP contribution in [0.4, 0.5) is 5.69 Å². The molecule has 0 atom stereocenters. The van der Waals surface area contributed by atoms with Crippen LogP contribution in [0.3, 0.4) is 0 Å². The van der Waals surface area contributed by atoms with Gasteiger partial charge in [-0.3, -0.25) is 9.48 Å². The number of carbonyl (C=O) groups excluding carboxylic acids is 1. The summed E-state index contributed by atoms with van der Waals surface area (Å²) in [5.74, 6) is -0.464. The van der Waals surface area contributed by atoms with Gasteiger partial charge in [0, 0.05) is 28.5 Å². The third kappa shape index (κ3) is 3.54. The van der Waals surface area contributed by atoms with Gasteiger partial charge < -0.3 is 5.32 Å². The van der Waals surface area contributed by atoms with E-state index < -0.39 is 5.91 Å². The van der Waals surface area contributed by atoms with Crippen LogP contribution in [0.25, 0.3) is 6.08 Å². The van der Waals surface area contributed by atoms with Crippen molar-refractivity contribution in [2.75, 3.05) is 5.32 Å². The highest BCUT2D eigenvalue weighted by Crippen LogP contribution is 2.16. The van der Waals surface area contributed by atoms with Crippen molar-refractivity contribution in [2.24, 2.45) is 0 Å². The highest BCUT2D eigenvalue weighted by atomic mass is 35.5. The molecule has 1 N–H and O–H groups in total. The number of rotatable bonds is 4. The van der Waals surface area contributed by atoms with Crippen LogP contribution < -0.4 is 5.32 Å². The van der Waals surface area contributed by atoms with E-state index in [4.69, 9.17) is 11.6 Å². The van der Waals surface area contributed by atoms with Crippen molar-refractivity contribution in [1.82, 2.24) is 9.78 Å². The molecule has 0 bridgehead atoms. The Morgan fingerprint density at radius 3 is 2.68 bits per heavy atom. The van der Waals surface area contributed by atoms with Gasteiger partial charge in [-0.25, -0.2) is 0 Å². The number of nitrogens with zero attached hydrogens (tertiary/aromatic N) is 3. The Morgan fingerprint density at radius 2 is 2.14 bits per heavy atom. The van der Waals surface area contributed by atoms with Crippen molar-refractivity contribution in [3.8, 4) is 6.07 Å². The summed E-state index contributed by atoms with van der Waals surface area (Å²) < 4.78 is 1.80. The maximum atomic E-state index is 12.2. The lowest BCUT2D eigenvalue weighted by atomic mass is 10.1. The molecule has 0 aliphatic rings. The van der Waals surface area contributed by atoms with E-state index >= 15 is 0 Å². The Bertz CT molecular complexity index is 753. The van der Waals surface area contributed by atoms with Crippen LogP contribution in [-0.4, -0.2) is 15.7 Å². The van der Waals surface area contributed by atoms with E-state index in [0.29, 0.717) is 10.7 Å². The predicted octanol–water partition coefficient (Wildman–Crippen LogP) is 3.41. The van der Waals surface area contributed by atoms with Gasteiger partial charge in [-0.15, -0.1) is 0 Å². The lowest BCUT2D eigenvalue weighted by Gasteiger charge is -2.04. The second kappa shape index (κ2) is 6.92.